The largest absolute Gasteiger partial charge is 0.346 e. The van der Waals surface area contributed by atoms with Gasteiger partial charge in [-0.15, -0.1) is 0 Å². The second-order valence-electron chi connectivity index (χ2n) is 8.89. The summed E-state index contributed by atoms with van der Waals surface area (Å²) in [6.07, 6.45) is 1.21. The Bertz CT molecular complexity index is 996. The van der Waals surface area contributed by atoms with Gasteiger partial charge in [-0.1, -0.05) is 39.8 Å². The summed E-state index contributed by atoms with van der Waals surface area (Å²) in [6.45, 7) is 7.47. The van der Waals surface area contributed by atoms with Crippen molar-refractivity contribution in [1.29, 1.82) is 0 Å². The topological polar surface area (TPSA) is 113 Å². The number of carbonyl (C=O) groups is 5. The van der Waals surface area contributed by atoms with Crippen LogP contribution in [0, 0.1) is 11.8 Å². The van der Waals surface area contributed by atoms with Crippen LogP contribution in [0.4, 0.5) is 5.69 Å². The van der Waals surface area contributed by atoms with Gasteiger partial charge in [0.25, 0.3) is 11.8 Å². The van der Waals surface area contributed by atoms with E-state index in [4.69, 9.17) is 0 Å². The third-order valence-electron chi connectivity index (χ3n) is 5.76. The maximum atomic E-state index is 12.9. The van der Waals surface area contributed by atoms with Crippen LogP contribution < -0.4 is 10.6 Å². The number of nitrogens with zero attached hydrogens (tertiary/aromatic N) is 1. The van der Waals surface area contributed by atoms with Crippen LogP contribution in [-0.4, -0.2) is 46.9 Å². The lowest BCUT2D eigenvalue weighted by Crippen LogP contribution is -2.45. The first-order chi connectivity index (χ1) is 16.5. The fourth-order valence-corrected chi connectivity index (χ4v) is 4.36. The molecule has 0 bridgehead atoms. The summed E-state index contributed by atoms with van der Waals surface area (Å²) in [5.41, 5.74) is 1.84. The first-order valence-corrected chi connectivity index (χ1v) is 13.2. The van der Waals surface area contributed by atoms with Crippen molar-refractivity contribution in [1.82, 2.24) is 10.2 Å². The lowest BCUT2D eigenvalue weighted by molar-refractivity contribution is -0.137. The van der Waals surface area contributed by atoms with Crippen molar-refractivity contribution >= 4 is 67.0 Å². The number of carbonyl (C=O) groups excluding carboxylic acids is 5. The van der Waals surface area contributed by atoms with Crippen LogP contribution in [0.1, 0.15) is 52.5 Å². The fraction of sp³-hybridized carbons (Fsp3) is 0.480. The molecule has 0 unspecified atom stereocenters. The van der Waals surface area contributed by atoms with Crippen molar-refractivity contribution in [2.24, 2.45) is 11.8 Å². The van der Waals surface area contributed by atoms with Gasteiger partial charge in [0, 0.05) is 31.0 Å². The van der Waals surface area contributed by atoms with Crippen LogP contribution in [0.5, 0.6) is 0 Å². The first kappa shape index (κ1) is 28.9. The average Bonchev–Trinajstić information content (AvgIpc) is 3.00. The normalized spacial score (nSPS) is 15.5. The Morgan fingerprint density at radius 3 is 2.06 bits per heavy atom. The van der Waals surface area contributed by atoms with Gasteiger partial charge >= 0.3 is 0 Å². The minimum atomic E-state index is -0.735. The summed E-state index contributed by atoms with van der Waals surface area (Å²) in [4.78, 5) is 63.1. The second-order valence-corrected chi connectivity index (χ2v) is 10.5. The number of rotatable bonds is 12. The molecule has 0 saturated carbocycles. The van der Waals surface area contributed by atoms with Gasteiger partial charge in [-0.2, -0.15) is 0 Å². The molecular weight excluding hydrogens is 582 g/mol. The lowest BCUT2D eigenvalue weighted by atomic mass is 9.92. The molecule has 2 N–H and O–H groups in total. The number of ketones is 1. The zero-order valence-corrected chi connectivity index (χ0v) is 23.5. The zero-order chi connectivity index (χ0) is 26.3. The fourth-order valence-electron chi connectivity index (χ4n) is 3.59. The van der Waals surface area contributed by atoms with Crippen molar-refractivity contribution in [2.45, 2.75) is 59.4 Å². The van der Waals surface area contributed by atoms with E-state index < -0.39 is 23.8 Å². The van der Waals surface area contributed by atoms with Crippen LogP contribution in [0.2, 0.25) is 0 Å². The number of Topliss-reactive ketones (excluding diaryl/α,β-unsaturated/α-hetero) is 1. The highest BCUT2D eigenvalue weighted by molar-refractivity contribution is 9.14. The molecule has 1 aliphatic heterocycles. The Kier molecular flexibility index (Phi) is 10.8. The van der Waals surface area contributed by atoms with E-state index in [9.17, 15) is 24.0 Å². The lowest BCUT2D eigenvalue weighted by Gasteiger charge is -2.23. The SMILES string of the molecule is CCc1ccc(NC(=O)[C@H](C)CC(=O)[C@@H](NC(=O)CCCN2C(=O)C(Br)=C(Br)C2=O)C(C)C)cc1. The number of hydrogen-bond donors (Lipinski definition) is 2. The summed E-state index contributed by atoms with van der Waals surface area (Å²) >= 11 is 6.13. The molecule has 4 amide bonds. The monoisotopic (exact) mass is 611 g/mol. The van der Waals surface area contributed by atoms with Gasteiger partial charge in [-0.3, -0.25) is 28.9 Å². The van der Waals surface area contributed by atoms with Crippen LogP contribution in [0.3, 0.4) is 0 Å². The molecule has 190 valence electrons. The van der Waals surface area contributed by atoms with E-state index in [0.29, 0.717) is 5.69 Å². The highest BCUT2D eigenvalue weighted by Crippen LogP contribution is 2.29. The molecule has 35 heavy (non-hydrogen) atoms. The number of benzene rings is 1. The number of imide groups is 1. The van der Waals surface area contributed by atoms with E-state index >= 15 is 0 Å². The smallest absolute Gasteiger partial charge is 0.269 e. The Balaban J connectivity index is 1.85. The number of hydrogen-bond acceptors (Lipinski definition) is 5. The second kappa shape index (κ2) is 13.1. The molecule has 1 heterocycles. The quantitative estimate of drug-likeness (QED) is 0.346. The molecule has 0 spiro atoms. The van der Waals surface area contributed by atoms with Crippen LogP contribution >= 0.6 is 31.9 Å². The molecule has 0 saturated heterocycles. The molecule has 1 aromatic rings. The van der Waals surface area contributed by atoms with Crippen LogP contribution in [-0.2, 0) is 30.4 Å². The van der Waals surface area contributed by atoms with Crippen LogP contribution in [0.25, 0.3) is 0 Å². The molecule has 2 rings (SSSR count). The molecular formula is C25H31Br2N3O5. The third-order valence-corrected chi connectivity index (χ3v) is 7.76. The first-order valence-electron chi connectivity index (χ1n) is 11.6. The van der Waals surface area contributed by atoms with Gasteiger partial charge in [0.1, 0.15) is 8.96 Å². The predicted molar refractivity (Wildman–Crippen MR) is 141 cm³/mol. The number of anilines is 1. The van der Waals surface area contributed by atoms with Crippen molar-refractivity contribution in [3.05, 3.63) is 38.8 Å². The highest BCUT2D eigenvalue weighted by Gasteiger charge is 2.35. The highest BCUT2D eigenvalue weighted by atomic mass is 79.9. The Labute approximate surface area is 222 Å². The summed E-state index contributed by atoms with van der Waals surface area (Å²) in [6, 6.07) is 6.82. The van der Waals surface area contributed by atoms with Gasteiger partial charge in [-0.05, 0) is 68.3 Å². The molecule has 0 fully saturated rings. The van der Waals surface area contributed by atoms with Crippen molar-refractivity contribution in [3.8, 4) is 0 Å². The summed E-state index contributed by atoms with van der Waals surface area (Å²) < 4.78 is 0.321. The molecule has 0 radical (unpaired) electrons. The van der Waals surface area contributed by atoms with Crippen molar-refractivity contribution in [2.75, 3.05) is 11.9 Å². The van der Waals surface area contributed by atoms with Crippen molar-refractivity contribution in [3.63, 3.8) is 0 Å². The van der Waals surface area contributed by atoms with E-state index in [1.165, 1.54) is 0 Å². The number of halogens is 2. The van der Waals surface area contributed by atoms with Gasteiger partial charge in [0.15, 0.2) is 5.78 Å². The molecule has 0 aliphatic carbocycles. The van der Waals surface area contributed by atoms with E-state index in [1.807, 2.05) is 38.1 Å². The number of amides is 4. The number of nitrogens with one attached hydrogen (secondary N) is 2. The summed E-state index contributed by atoms with van der Waals surface area (Å²) in [5.74, 6) is -2.47. The maximum Gasteiger partial charge on any atom is 0.269 e. The van der Waals surface area contributed by atoms with Gasteiger partial charge in [-0.25, -0.2) is 0 Å². The molecule has 0 aromatic heterocycles. The maximum absolute atomic E-state index is 12.9. The Morgan fingerprint density at radius 1 is 0.971 bits per heavy atom. The molecule has 1 aliphatic rings. The van der Waals surface area contributed by atoms with Gasteiger partial charge in [0.05, 0.1) is 6.04 Å². The average molecular weight is 613 g/mol. The minimum absolute atomic E-state index is 0.00743. The van der Waals surface area contributed by atoms with E-state index in [-0.39, 0.29) is 58.3 Å². The van der Waals surface area contributed by atoms with Crippen molar-refractivity contribution < 1.29 is 24.0 Å². The summed E-state index contributed by atoms with van der Waals surface area (Å²) in [7, 11) is 0. The third kappa shape index (κ3) is 7.83. The summed E-state index contributed by atoms with van der Waals surface area (Å²) in [5, 5.41) is 5.58. The zero-order valence-electron chi connectivity index (χ0n) is 20.3. The predicted octanol–water partition coefficient (Wildman–Crippen LogP) is 4.07. The molecule has 1 aromatic carbocycles. The Hall–Kier alpha value is -2.33. The Morgan fingerprint density at radius 2 is 1.54 bits per heavy atom. The molecule has 2 atom stereocenters. The van der Waals surface area contributed by atoms with E-state index in [1.54, 1.807) is 6.92 Å². The van der Waals surface area contributed by atoms with Crippen LogP contribution in [0.15, 0.2) is 33.2 Å². The van der Waals surface area contributed by atoms with E-state index in [2.05, 4.69) is 49.4 Å². The molecule has 8 nitrogen and oxygen atoms in total. The minimum Gasteiger partial charge on any atom is -0.346 e. The number of aryl methyl sites for hydroxylation is 1. The van der Waals surface area contributed by atoms with E-state index in [0.717, 1.165) is 16.9 Å². The standard InChI is InChI=1S/C25H31Br2N3O5/c1-5-16-8-10-17(11-9-16)28-23(33)15(4)13-18(31)22(14(2)3)29-19(32)7-6-12-30-24(34)20(26)21(27)25(30)35/h8-11,14-15,22H,5-7,12-13H2,1-4H3,(H,28,33)(H,29,32)/t15-,22+/m1/s1. The van der Waals surface area contributed by atoms with Gasteiger partial charge in [0.2, 0.25) is 11.8 Å². The molecule has 10 heteroatoms. The van der Waals surface area contributed by atoms with Gasteiger partial charge < -0.3 is 10.6 Å².